The Balaban J connectivity index is 2.47. The standard InChI is InChI=1S/C14H13BrO4/c1-19-6-2-3-8-4-5-10(16)13-12(8)11(17)7-9(15)14(13)18/h4-5,7,16H,2-3,6H2,1H3. The van der Waals surface area contributed by atoms with Crippen LogP contribution >= 0.6 is 15.9 Å². The normalized spacial score (nSPS) is 14.3. The van der Waals surface area contributed by atoms with Crippen molar-refractivity contribution in [2.75, 3.05) is 13.7 Å². The fourth-order valence-electron chi connectivity index (χ4n) is 2.13. The number of aromatic hydroxyl groups is 1. The summed E-state index contributed by atoms with van der Waals surface area (Å²) >= 11 is 3.05. The number of carbonyl (C=O) groups is 2. The highest BCUT2D eigenvalue weighted by Gasteiger charge is 2.29. The number of phenolic OH excluding ortho intramolecular Hbond substituents is 1. The monoisotopic (exact) mass is 324 g/mol. The summed E-state index contributed by atoms with van der Waals surface area (Å²) in [7, 11) is 1.61. The predicted octanol–water partition coefficient (Wildman–Crippen LogP) is 2.63. The van der Waals surface area contributed by atoms with Crippen LogP contribution in [0.2, 0.25) is 0 Å². The van der Waals surface area contributed by atoms with Gasteiger partial charge in [0.15, 0.2) is 5.78 Å². The van der Waals surface area contributed by atoms with Crippen LogP contribution < -0.4 is 0 Å². The third kappa shape index (κ3) is 2.62. The van der Waals surface area contributed by atoms with E-state index in [0.717, 1.165) is 12.0 Å². The number of rotatable bonds is 4. The van der Waals surface area contributed by atoms with Gasteiger partial charge in [-0.3, -0.25) is 9.59 Å². The molecule has 0 saturated heterocycles. The number of Topliss-reactive ketones (excluding diaryl/α,β-unsaturated/α-hetero) is 1. The van der Waals surface area contributed by atoms with Crippen molar-refractivity contribution < 1.29 is 19.4 Å². The first-order valence-electron chi connectivity index (χ1n) is 5.86. The van der Waals surface area contributed by atoms with Crippen LogP contribution in [0.25, 0.3) is 0 Å². The van der Waals surface area contributed by atoms with E-state index < -0.39 is 0 Å². The fourth-order valence-corrected chi connectivity index (χ4v) is 2.54. The van der Waals surface area contributed by atoms with Crippen molar-refractivity contribution >= 4 is 27.5 Å². The molecule has 0 spiro atoms. The molecule has 0 amide bonds. The first-order chi connectivity index (χ1) is 9.06. The molecule has 0 aromatic heterocycles. The average Bonchev–Trinajstić information content (AvgIpc) is 2.38. The maximum Gasteiger partial charge on any atom is 0.204 e. The van der Waals surface area contributed by atoms with Gasteiger partial charge in [0.05, 0.1) is 10.0 Å². The highest BCUT2D eigenvalue weighted by Crippen LogP contribution is 2.33. The van der Waals surface area contributed by atoms with E-state index in [1.54, 1.807) is 13.2 Å². The van der Waals surface area contributed by atoms with Crippen molar-refractivity contribution in [1.29, 1.82) is 0 Å². The lowest BCUT2D eigenvalue weighted by Crippen LogP contribution is -2.17. The third-order valence-electron chi connectivity index (χ3n) is 3.01. The van der Waals surface area contributed by atoms with Crippen molar-refractivity contribution in [3.63, 3.8) is 0 Å². The van der Waals surface area contributed by atoms with Crippen LogP contribution in [-0.2, 0) is 11.2 Å². The minimum atomic E-state index is -0.360. The number of aryl methyl sites for hydroxylation is 1. The van der Waals surface area contributed by atoms with Crippen LogP contribution in [0.4, 0.5) is 0 Å². The van der Waals surface area contributed by atoms with Gasteiger partial charge in [-0.1, -0.05) is 6.07 Å². The summed E-state index contributed by atoms with van der Waals surface area (Å²) in [6.07, 6.45) is 2.63. The molecule has 1 N–H and O–H groups in total. The second-order valence-electron chi connectivity index (χ2n) is 4.28. The Bertz CT molecular complexity index is 575. The lowest BCUT2D eigenvalue weighted by Gasteiger charge is -2.17. The number of halogens is 1. The van der Waals surface area contributed by atoms with Gasteiger partial charge in [0.1, 0.15) is 5.75 Å². The van der Waals surface area contributed by atoms with E-state index in [4.69, 9.17) is 4.74 Å². The van der Waals surface area contributed by atoms with Crippen LogP contribution in [0.3, 0.4) is 0 Å². The molecule has 0 aliphatic heterocycles. The van der Waals surface area contributed by atoms with Gasteiger partial charge in [0.2, 0.25) is 5.78 Å². The lowest BCUT2D eigenvalue weighted by molar-refractivity contribution is 0.0988. The Morgan fingerprint density at radius 3 is 2.68 bits per heavy atom. The molecule has 0 bridgehead atoms. The van der Waals surface area contributed by atoms with E-state index in [0.29, 0.717) is 18.6 Å². The number of ether oxygens (including phenoxy) is 1. The minimum absolute atomic E-state index is 0.0919. The van der Waals surface area contributed by atoms with Gasteiger partial charge in [0.25, 0.3) is 0 Å². The summed E-state index contributed by atoms with van der Waals surface area (Å²) < 4.78 is 5.15. The summed E-state index contributed by atoms with van der Waals surface area (Å²) in [5, 5.41) is 9.81. The van der Waals surface area contributed by atoms with E-state index >= 15 is 0 Å². The molecule has 2 rings (SSSR count). The van der Waals surface area contributed by atoms with Crippen molar-refractivity contribution in [1.82, 2.24) is 0 Å². The zero-order valence-electron chi connectivity index (χ0n) is 10.4. The predicted molar refractivity (Wildman–Crippen MR) is 74.0 cm³/mol. The number of ketones is 2. The topological polar surface area (TPSA) is 63.6 Å². The maximum absolute atomic E-state index is 12.0. The molecule has 100 valence electrons. The number of allylic oxidation sites excluding steroid dienone is 2. The van der Waals surface area contributed by atoms with Gasteiger partial charge in [0, 0.05) is 25.4 Å². The zero-order chi connectivity index (χ0) is 14.0. The number of phenols is 1. The van der Waals surface area contributed by atoms with Crippen molar-refractivity contribution in [2.24, 2.45) is 0 Å². The maximum atomic E-state index is 12.0. The van der Waals surface area contributed by atoms with E-state index in [9.17, 15) is 14.7 Å². The highest BCUT2D eigenvalue weighted by atomic mass is 79.9. The van der Waals surface area contributed by atoms with Crippen LogP contribution in [0.1, 0.15) is 32.7 Å². The summed E-state index contributed by atoms with van der Waals surface area (Å²) in [6, 6.07) is 3.14. The Hall–Kier alpha value is -1.46. The molecule has 1 aliphatic carbocycles. The van der Waals surface area contributed by atoms with Gasteiger partial charge in [-0.05, 0) is 40.4 Å². The van der Waals surface area contributed by atoms with E-state index in [-0.39, 0.29) is 27.4 Å². The summed E-state index contributed by atoms with van der Waals surface area (Å²) in [5.74, 6) is -0.778. The Kier molecular flexibility index (Phi) is 4.17. The molecule has 0 fully saturated rings. The molecule has 4 nitrogen and oxygen atoms in total. The SMILES string of the molecule is COCCCc1ccc(O)c2c1C(=O)C=C(Br)C2=O. The molecule has 0 saturated carbocycles. The molecule has 0 unspecified atom stereocenters. The molecule has 1 aromatic carbocycles. The summed E-state index contributed by atoms with van der Waals surface area (Å²) in [6.45, 7) is 0.581. The molecule has 19 heavy (non-hydrogen) atoms. The molecule has 0 radical (unpaired) electrons. The van der Waals surface area contributed by atoms with Crippen LogP contribution in [0, 0.1) is 0 Å². The van der Waals surface area contributed by atoms with E-state index in [2.05, 4.69) is 15.9 Å². The van der Waals surface area contributed by atoms with Gasteiger partial charge < -0.3 is 9.84 Å². The van der Waals surface area contributed by atoms with Crippen LogP contribution in [0.15, 0.2) is 22.7 Å². The molecule has 5 heteroatoms. The number of fused-ring (bicyclic) bond motifs is 1. The molecule has 0 heterocycles. The van der Waals surface area contributed by atoms with Gasteiger partial charge in [-0.15, -0.1) is 0 Å². The number of carbonyl (C=O) groups excluding carboxylic acids is 2. The lowest BCUT2D eigenvalue weighted by atomic mass is 9.88. The molecule has 0 atom stereocenters. The average molecular weight is 325 g/mol. The van der Waals surface area contributed by atoms with Crippen molar-refractivity contribution in [3.8, 4) is 5.75 Å². The van der Waals surface area contributed by atoms with E-state index in [1.165, 1.54) is 12.1 Å². The third-order valence-corrected chi connectivity index (χ3v) is 3.60. The van der Waals surface area contributed by atoms with E-state index in [1.807, 2.05) is 0 Å². The second kappa shape index (κ2) is 5.67. The van der Waals surface area contributed by atoms with Crippen molar-refractivity contribution in [2.45, 2.75) is 12.8 Å². The Labute approximate surface area is 119 Å². The van der Waals surface area contributed by atoms with Gasteiger partial charge >= 0.3 is 0 Å². The molecule has 1 aliphatic rings. The largest absolute Gasteiger partial charge is 0.507 e. The van der Waals surface area contributed by atoms with Gasteiger partial charge in [-0.25, -0.2) is 0 Å². The molecular formula is C14H13BrO4. The first kappa shape index (κ1) is 14.0. The molecular weight excluding hydrogens is 312 g/mol. The van der Waals surface area contributed by atoms with Gasteiger partial charge in [-0.2, -0.15) is 0 Å². The highest BCUT2D eigenvalue weighted by molar-refractivity contribution is 9.12. The quantitative estimate of drug-likeness (QED) is 0.865. The summed E-state index contributed by atoms with van der Waals surface area (Å²) in [4.78, 5) is 24.1. The minimum Gasteiger partial charge on any atom is -0.507 e. The Morgan fingerprint density at radius 2 is 2.00 bits per heavy atom. The van der Waals surface area contributed by atoms with Crippen LogP contribution in [0.5, 0.6) is 5.75 Å². The number of hydrogen-bond donors (Lipinski definition) is 1. The second-order valence-corrected chi connectivity index (χ2v) is 5.13. The fraction of sp³-hybridized carbons (Fsp3) is 0.286. The first-order valence-corrected chi connectivity index (χ1v) is 6.65. The number of methoxy groups -OCH3 is 1. The Morgan fingerprint density at radius 1 is 1.26 bits per heavy atom. The van der Waals surface area contributed by atoms with Crippen molar-refractivity contribution in [3.05, 3.63) is 39.4 Å². The zero-order valence-corrected chi connectivity index (χ0v) is 12.0. The number of benzene rings is 1. The van der Waals surface area contributed by atoms with Crippen LogP contribution in [-0.4, -0.2) is 30.4 Å². The number of hydrogen-bond acceptors (Lipinski definition) is 4. The molecule has 1 aromatic rings. The smallest absolute Gasteiger partial charge is 0.204 e. The summed E-state index contributed by atoms with van der Waals surface area (Å²) in [5.41, 5.74) is 1.16.